The van der Waals surface area contributed by atoms with Crippen LogP contribution in [0.5, 0.6) is 0 Å². The lowest BCUT2D eigenvalue weighted by molar-refractivity contribution is -0.111. The Hall–Kier alpha value is -3.09. The molecule has 0 heterocycles. The highest BCUT2D eigenvalue weighted by Crippen LogP contribution is 2.24. The molecule has 5 nitrogen and oxygen atoms in total. The number of benzene rings is 3. The van der Waals surface area contributed by atoms with Crippen LogP contribution >= 0.6 is 11.6 Å². The Morgan fingerprint density at radius 3 is 2.20 bits per heavy atom. The lowest BCUT2D eigenvalue weighted by atomic mass is 10.2. The van der Waals surface area contributed by atoms with Gasteiger partial charge in [-0.05, 0) is 67.1 Å². The fourth-order valence-corrected chi connectivity index (χ4v) is 4.45. The minimum atomic E-state index is -3.70. The summed E-state index contributed by atoms with van der Waals surface area (Å²) in [5.74, 6) is -0.319. The molecule has 0 saturated carbocycles. The predicted molar refractivity (Wildman–Crippen MR) is 122 cm³/mol. The molecule has 0 unspecified atom stereocenters. The van der Waals surface area contributed by atoms with Crippen LogP contribution in [0.2, 0.25) is 5.02 Å². The molecule has 1 amide bonds. The summed E-state index contributed by atoms with van der Waals surface area (Å²) >= 11 is 5.84. The highest BCUT2D eigenvalue weighted by atomic mass is 35.5. The minimum Gasteiger partial charge on any atom is -0.323 e. The SMILES string of the molecule is CCN(c1ccccc1)S(=O)(=O)c1ccc(NC(=O)/C=C/c2ccc(Cl)cc2)cc1. The highest BCUT2D eigenvalue weighted by Gasteiger charge is 2.23. The number of nitrogens with zero attached hydrogens (tertiary/aromatic N) is 1. The van der Waals surface area contributed by atoms with Crippen LogP contribution in [0, 0.1) is 0 Å². The van der Waals surface area contributed by atoms with Crippen molar-refractivity contribution in [2.75, 3.05) is 16.2 Å². The molecule has 3 aromatic carbocycles. The summed E-state index contributed by atoms with van der Waals surface area (Å²) in [6.45, 7) is 2.09. The van der Waals surface area contributed by atoms with Gasteiger partial charge in [-0.25, -0.2) is 8.42 Å². The normalized spacial score (nSPS) is 11.4. The van der Waals surface area contributed by atoms with Gasteiger partial charge in [0.15, 0.2) is 0 Å². The predicted octanol–water partition coefficient (Wildman–Crippen LogP) is 5.21. The fraction of sp³-hybridized carbons (Fsp3) is 0.0870. The first-order chi connectivity index (χ1) is 14.4. The first kappa shape index (κ1) is 21.6. The van der Waals surface area contributed by atoms with Crippen LogP contribution in [0.15, 0.2) is 89.8 Å². The molecule has 0 aliphatic rings. The summed E-state index contributed by atoms with van der Waals surface area (Å²) in [6, 6.07) is 22.1. The zero-order valence-electron chi connectivity index (χ0n) is 16.3. The van der Waals surface area contributed by atoms with Crippen LogP contribution in [0.25, 0.3) is 6.08 Å². The molecule has 0 atom stereocenters. The molecular formula is C23H21ClN2O3S. The maximum absolute atomic E-state index is 13.0. The van der Waals surface area contributed by atoms with E-state index in [2.05, 4.69) is 5.32 Å². The maximum atomic E-state index is 13.0. The molecule has 0 saturated heterocycles. The molecule has 0 bridgehead atoms. The largest absolute Gasteiger partial charge is 0.323 e. The van der Waals surface area contributed by atoms with E-state index in [4.69, 9.17) is 11.6 Å². The number of carbonyl (C=O) groups excluding carboxylic acids is 1. The van der Waals surface area contributed by atoms with Gasteiger partial charge in [0.2, 0.25) is 5.91 Å². The van der Waals surface area contributed by atoms with Gasteiger partial charge in [-0.2, -0.15) is 0 Å². The topological polar surface area (TPSA) is 66.5 Å². The van der Waals surface area contributed by atoms with Crippen LogP contribution in [-0.4, -0.2) is 20.9 Å². The van der Waals surface area contributed by atoms with Gasteiger partial charge in [-0.15, -0.1) is 0 Å². The van der Waals surface area contributed by atoms with Crippen molar-refractivity contribution < 1.29 is 13.2 Å². The molecule has 1 N–H and O–H groups in total. The van der Waals surface area contributed by atoms with Crippen molar-refractivity contribution in [1.29, 1.82) is 0 Å². The number of rotatable bonds is 7. The second kappa shape index (κ2) is 9.61. The molecule has 0 aliphatic heterocycles. The molecular weight excluding hydrogens is 420 g/mol. The van der Waals surface area contributed by atoms with Crippen LogP contribution in [-0.2, 0) is 14.8 Å². The van der Waals surface area contributed by atoms with E-state index >= 15 is 0 Å². The van der Waals surface area contributed by atoms with E-state index in [1.54, 1.807) is 73.7 Å². The van der Waals surface area contributed by atoms with Crippen molar-refractivity contribution in [3.8, 4) is 0 Å². The Kier molecular flexibility index (Phi) is 6.92. The molecule has 0 aromatic heterocycles. The lowest BCUT2D eigenvalue weighted by Gasteiger charge is -2.23. The van der Waals surface area contributed by atoms with Gasteiger partial charge in [0, 0.05) is 23.3 Å². The molecule has 3 aromatic rings. The summed E-state index contributed by atoms with van der Waals surface area (Å²) in [4.78, 5) is 12.3. The van der Waals surface area contributed by atoms with E-state index in [9.17, 15) is 13.2 Å². The lowest BCUT2D eigenvalue weighted by Crippen LogP contribution is -2.30. The summed E-state index contributed by atoms with van der Waals surface area (Å²) in [5, 5.41) is 3.34. The van der Waals surface area contributed by atoms with Gasteiger partial charge >= 0.3 is 0 Å². The summed E-state index contributed by atoms with van der Waals surface area (Å²) in [5.41, 5.74) is 1.95. The number of sulfonamides is 1. The molecule has 154 valence electrons. The number of hydrogen-bond donors (Lipinski definition) is 1. The second-order valence-corrected chi connectivity index (χ2v) is 8.70. The zero-order valence-corrected chi connectivity index (χ0v) is 17.9. The quantitative estimate of drug-likeness (QED) is 0.513. The number of halogens is 1. The van der Waals surface area contributed by atoms with Crippen LogP contribution in [0.3, 0.4) is 0 Å². The second-order valence-electron chi connectivity index (χ2n) is 6.40. The van der Waals surface area contributed by atoms with Gasteiger partial charge in [0.25, 0.3) is 10.0 Å². The number of nitrogens with one attached hydrogen (secondary N) is 1. The summed E-state index contributed by atoms with van der Waals surface area (Å²) < 4.78 is 27.3. The maximum Gasteiger partial charge on any atom is 0.264 e. The van der Waals surface area contributed by atoms with Gasteiger partial charge < -0.3 is 5.32 Å². The van der Waals surface area contributed by atoms with Crippen molar-refractivity contribution in [2.24, 2.45) is 0 Å². The number of carbonyl (C=O) groups is 1. The highest BCUT2D eigenvalue weighted by molar-refractivity contribution is 7.92. The average Bonchev–Trinajstić information content (AvgIpc) is 2.75. The Bertz CT molecular complexity index is 1130. The standard InChI is InChI=1S/C23H21ClN2O3S/c1-2-26(21-6-4-3-5-7-21)30(28,29)22-15-13-20(14-16-22)25-23(27)17-10-18-8-11-19(24)12-9-18/h3-17H,2H2,1H3,(H,25,27)/b17-10+. The Labute approximate surface area is 181 Å². The van der Waals surface area contributed by atoms with E-state index in [1.807, 2.05) is 6.07 Å². The third-order valence-corrected chi connectivity index (χ3v) is 6.51. The van der Waals surface area contributed by atoms with Gasteiger partial charge in [0.1, 0.15) is 0 Å². The van der Waals surface area contributed by atoms with E-state index < -0.39 is 10.0 Å². The monoisotopic (exact) mass is 440 g/mol. The Morgan fingerprint density at radius 1 is 0.967 bits per heavy atom. The van der Waals surface area contributed by atoms with Crippen molar-refractivity contribution in [1.82, 2.24) is 0 Å². The molecule has 30 heavy (non-hydrogen) atoms. The fourth-order valence-electron chi connectivity index (χ4n) is 2.85. The van der Waals surface area contributed by atoms with Crippen molar-refractivity contribution in [3.63, 3.8) is 0 Å². The number of amides is 1. The zero-order chi connectivity index (χ0) is 21.6. The van der Waals surface area contributed by atoms with Crippen molar-refractivity contribution >= 4 is 45.0 Å². The first-order valence-electron chi connectivity index (χ1n) is 9.32. The van der Waals surface area contributed by atoms with Gasteiger partial charge in [-0.3, -0.25) is 9.10 Å². The number of para-hydroxylation sites is 1. The first-order valence-corrected chi connectivity index (χ1v) is 11.1. The Morgan fingerprint density at radius 2 is 1.60 bits per heavy atom. The molecule has 7 heteroatoms. The van der Waals surface area contributed by atoms with Crippen molar-refractivity contribution in [2.45, 2.75) is 11.8 Å². The molecule has 3 rings (SSSR count). The average molecular weight is 441 g/mol. The Balaban J connectivity index is 1.70. The molecule has 0 spiro atoms. The van der Waals surface area contributed by atoms with Gasteiger partial charge in [-0.1, -0.05) is 41.9 Å². The van der Waals surface area contributed by atoms with Crippen LogP contribution in [0.4, 0.5) is 11.4 Å². The smallest absolute Gasteiger partial charge is 0.264 e. The van der Waals surface area contributed by atoms with E-state index in [-0.39, 0.29) is 10.8 Å². The van der Waals surface area contributed by atoms with Crippen molar-refractivity contribution in [3.05, 3.63) is 95.5 Å². The molecule has 0 radical (unpaired) electrons. The number of hydrogen-bond acceptors (Lipinski definition) is 3. The molecule has 0 aliphatic carbocycles. The summed E-state index contributed by atoms with van der Waals surface area (Å²) in [6.07, 6.45) is 3.07. The van der Waals surface area contributed by atoms with E-state index in [0.717, 1.165) is 5.56 Å². The van der Waals surface area contributed by atoms with Crippen LogP contribution < -0.4 is 9.62 Å². The van der Waals surface area contributed by atoms with Gasteiger partial charge in [0.05, 0.1) is 10.6 Å². The third-order valence-electron chi connectivity index (χ3n) is 4.34. The summed E-state index contributed by atoms with van der Waals surface area (Å²) in [7, 11) is -3.70. The third kappa shape index (κ3) is 5.28. The van der Waals surface area contributed by atoms with Crippen LogP contribution in [0.1, 0.15) is 12.5 Å². The van der Waals surface area contributed by atoms with E-state index in [1.165, 1.54) is 22.5 Å². The van der Waals surface area contributed by atoms with E-state index in [0.29, 0.717) is 22.9 Å². The minimum absolute atomic E-state index is 0.155. The number of anilines is 2. The molecule has 0 fully saturated rings.